The first-order valence-corrected chi connectivity index (χ1v) is 15.6. The number of likely N-dealkylation sites (tertiary alicyclic amines) is 1. The van der Waals surface area contributed by atoms with Gasteiger partial charge < -0.3 is 20.7 Å². The molecule has 3 N–H and O–H groups in total. The number of carbonyl (C=O) groups is 1. The summed E-state index contributed by atoms with van der Waals surface area (Å²) in [4.78, 5) is 28.4. The SMILES string of the molecule is C=CC(=O)N1CCC(N[C@H]2CCc3cc(-n4c(-c5cccnc5N)nc5ccc(-c6cc7n(n6)CCOC7)nc54)ccc32)CC1. The summed E-state index contributed by atoms with van der Waals surface area (Å²) in [5, 5.41) is 8.70. The number of nitrogens with zero attached hydrogens (tertiary/aromatic N) is 7. The van der Waals surface area contributed by atoms with Crippen molar-refractivity contribution >= 4 is 22.9 Å². The third kappa shape index (κ3) is 4.98. The number of nitrogens with two attached hydrogens (primary N) is 1. The Bertz CT molecular complexity index is 1910. The Morgan fingerprint density at radius 1 is 1.04 bits per heavy atom. The van der Waals surface area contributed by atoms with Gasteiger partial charge in [0, 0.05) is 37.1 Å². The number of rotatable bonds is 6. The van der Waals surface area contributed by atoms with Crippen LogP contribution >= 0.6 is 0 Å². The fraction of sp³-hybridized carbons (Fsp3) is 0.324. The molecular weight excluding hydrogens is 566 g/mol. The summed E-state index contributed by atoms with van der Waals surface area (Å²) in [6.07, 6.45) is 7.01. The van der Waals surface area contributed by atoms with Crippen molar-refractivity contribution in [2.45, 2.75) is 50.9 Å². The van der Waals surface area contributed by atoms with Crippen molar-refractivity contribution < 1.29 is 9.53 Å². The van der Waals surface area contributed by atoms with Crippen molar-refractivity contribution in [3.63, 3.8) is 0 Å². The number of ether oxygens (including phenoxy) is 1. The number of fused-ring (bicyclic) bond motifs is 3. The zero-order chi connectivity index (χ0) is 30.5. The van der Waals surface area contributed by atoms with Crippen LogP contribution in [-0.2, 0) is 29.1 Å². The van der Waals surface area contributed by atoms with E-state index in [1.165, 1.54) is 17.2 Å². The van der Waals surface area contributed by atoms with Crippen molar-refractivity contribution in [2.75, 3.05) is 25.4 Å². The minimum atomic E-state index is 0.0203. The monoisotopic (exact) mass is 601 g/mol. The van der Waals surface area contributed by atoms with Crippen molar-refractivity contribution in [1.82, 2.24) is 39.5 Å². The molecule has 0 unspecified atom stereocenters. The number of hydrogen-bond donors (Lipinski definition) is 2. The quantitative estimate of drug-likeness (QED) is 0.277. The van der Waals surface area contributed by atoms with E-state index in [0.29, 0.717) is 30.9 Å². The van der Waals surface area contributed by atoms with E-state index in [1.807, 2.05) is 33.8 Å². The van der Waals surface area contributed by atoms with E-state index >= 15 is 0 Å². The molecular formula is C34H35N9O2. The van der Waals surface area contributed by atoms with E-state index in [4.69, 9.17) is 25.5 Å². The number of carbonyl (C=O) groups excluding carboxylic acids is 1. The Kier molecular flexibility index (Phi) is 6.91. The number of hydrogen-bond acceptors (Lipinski definition) is 8. The number of aromatic nitrogens is 6. The van der Waals surface area contributed by atoms with Crippen LogP contribution < -0.4 is 11.1 Å². The van der Waals surface area contributed by atoms with Gasteiger partial charge in [0.25, 0.3) is 0 Å². The van der Waals surface area contributed by atoms with Crippen LogP contribution in [0.4, 0.5) is 5.82 Å². The molecule has 0 bridgehead atoms. The van der Waals surface area contributed by atoms with Gasteiger partial charge in [0.1, 0.15) is 17.0 Å². The molecule has 1 saturated heterocycles. The summed E-state index contributed by atoms with van der Waals surface area (Å²) in [7, 11) is 0. The lowest BCUT2D eigenvalue weighted by molar-refractivity contribution is -0.127. The summed E-state index contributed by atoms with van der Waals surface area (Å²) in [5.74, 6) is 1.14. The van der Waals surface area contributed by atoms with Crippen molar-refractivity contribution in [3.8, 4) is 28.5 Å². The van der Waals surface area contributed by atoms with Gasteiger partial charge in [-0.25, -0.2) is 15.0 Å². The molecule has 0 radical (unpaired) electrons. The highest BCUT2D eigenvalue weighted by Crippen LogP contribution is 2.37. The standard InChI is InChI=1S/C34H35N9O2/c1-2-31(44)41-14-11-22(12-15-41)37-27-8-5-21-18-23(6-7-25(21)27)43-33(26-4-3-13-36-32(26)35)39-29-10-9-28(38-34(29)43)30-19-24-20-45-17-16-42(24)40-30/h2-4,6-7,9-10,13,18-19,22,27,37H,1,5,8,11-12,14-17,20H2,(H2,35,36)/t27-/m0/s1. The predicted octanol–water partition coefficient (Wildman–Crippen LogP) is 4.21. The van der Waals surface area contributed by atoms with Gasteiger partial charge >= 0.3 is 0 Å². The van der Waals surface area contributed by atoms with Crippen LogP contribution in [0.5, 0.6) is 0 Å². The molecule has 45 heavy (non-hydrogen) atoms. The lowest BCUT2D eigenvalue weighted by atomic mass is 10.0. The summed E-state index contributed by atoms with van der Waals surface area (Å²) < 4.78 is 9.72. The zero-order valence-electron chi connectivity index (χ0n) is 25.0. The van der Waals surface area contributed by atoms with Crippen LogP contribution in [0.1, 0.15) is 42.1 Å². The molecule has 228 valence electrons. The molecule has 5 aromatic rings. The highest BCUT2D eigenvalue weighted by atomic mass is 16.5. The molecule has 0 saturated carbocycles. The lowest BCUT2D eigenvalue weighted by Gasteiger charge is -2.33. The molecule has 11 heteroatoms. The number of benzene rings is 1. The van der Waals surface area contributed by atoms with Gasteiger partial charge in [-0.3, -0.25) is 14.0 Å². The number of pyridine rings is 2. The predicted molar refractivity (Wildman–Crippen MR) is 171 cm³/mol. The first kappa shape index (κ1) is 27.7. The van der Waals surface area contributed by atoms with Crippen molar-refractivity contribution in [2.24, 2.45) is 0 Å². The number of aryl methyl sites for hydroxylation is 1. The van der Waals surface area contributed by atoms with Crippen molar-refractivity contribution in [1.29, 1.82) is 0 Å². The molecule has 11 nitrogen and oxygen atoms in total. The third-order valence-corrected chi connectivity index (χ3v) is 9.29. The lowest BCUT2D eigenvalue weighted by Crippen LogP contribution is -2.45. The first-order valence-electron chi connectivity index (χ1n) is 15.6. The van der Waals surface area contributed by atoms with Gasteiger partial charge in [-0.1, -0.05) is 12.6 Å². The van der Waals surface area contributed by atoms with Crippen LogP contribution in [0.3, 0.4) is 0 Å². The molecule has 1 fully saturated rings. The summed E-state index contributed by atoms with van der Waals surface area (Å²) in [5.41, 5.74) is 14.9. The topological polar surface area (TPSA) is 129 Å². The van der Waals surface area contributed by atoms with Crippen LogP contribution in [0.2, 0.25) is 0 Å². The Morgan fingerprint density at radius 3 is 2.76 bits per heavy atom. The highest BCUT2D eigenvalue weighted by molar-refractivity contribution is 5.87. The number of anilines is 1. The van der Waals surface area contributed by atoms with E-state index in [9.17, 15) is 4.79 Å². The average Bonchev–Trinajstić information content (AvgIpc) is 3.79. The second-order valence-corrected chi connectivity index (χ2v) is 12.0. The van der Waals surface area contributed by atoms with Crippen LogP contribution in [0.25, 0.3) is 39.6 Å². The number of imidazole rings is 1. The molecule has 6 heterocycles. The Morgan fingerprint density at radius 2 is 1.93 bits per heavy atom. The van der Waals surface area contributed by atoms with Crippen LogP contribution in [0.15, 0.2) is 67.4 Å². The summed E-state index contributed by atoms with van der Waals surface area (Å²) in [6.45, 7) is 7.10. The fourth-order valence-corrected chi connectivity index (χ4v) is 6.95. The molecule has 1 aromatic carbocycles. The second kappa shape index (κ2) is 11.2. The second-order valence-electron chi connectivity index (χ2n) is 12.0. The molecule has 0 spiro atoms. The van der Waals surface area contributed by atoms with Gasteiger partial charge in [-0.05, 0) is 85.4 Å². The molecule has 1 amide bonds. The number of piperidine rings is 1. The molecule has 4 aromatic heterocycles. The minimum Gasteiger partial charge on any atom is -0.383 e. The van der Waals surface area contributed by atoms with Gasteiger partial charge in [-0.15, -0.1) is 0 Å². The fourth-order valence-electron chi connectivity index (χ4n) is 6.95. The van der Waals surface area contributed by atoms with E-state index in [0.717, 1.165) is 84.8 Å². The molecule has 3 aliphatic rings. The number of amides is 1. The van der Waals surface area contributed by atoms with Crippen LogP contribution in [-0.4, -0.2) is 65.8 Å². The van der Waals surface area contributed by atoms with Gasteiger partial charge in [0.2, 0.25) is 5.91 Å². The maximum atomic E-state index is 12.0. The average molecular weight is 602 g/mol. The molecule has 1 atom stereocenters. The van der Waals surface area contributed by atoms with Gasteiger partial charge in [0.15, 0.2) is 11.5 Å². The highest BCUT2D eigenvalue weighted by Gasteiger charge is 2.29. The molecule has 8 rings (SSSR count). The Labute approximate surface area is 260 Å². The summed E-state index contributed by atoms with van der Waals surface area (Å²) >= 11 is 0. The van der Waals surface area contributed by atoms with E-state index < -0.39 is 0 Å². The summed E-state index contributed by atoms with van der Waals surface area (Å²) in [6, 6.07) is 17.2. The van der Waals surface area contributed by atoms with E-state index in [-0.39, 0.29) is 11.9 Å². The molecule has 1 aliphatic carbocycles. The maximum Gasteiger partial charge on any atom is 0.245 e. The third-order valence-electron chi connectivity index (χ3n) is 9.29. The Hall–Kier alpha value is -4.87. The van der Waals surface area contributed by atoms with Crippen molar-refractivity contribution in [3.05, 3.63) is 84.2 Å². The smallest absolute Gasteiger partial charge is 0.245 e. The first-order chi connectivity index (χ1) is 22.1. The van der Waals surface area contributed by atoms with E-state index in [2.05, 4.69) is 45.7 Å². The maximum absolute atomic E-state index is 12.0. The zero-order valence-corrected chi connectivity index (χ0v) is 25.0. The largest absolute Gasteiger partial charge is 0.383 e. The van der Waals surface area contributed by atoms with Crippen LogP contribution in [0, 0.1) is 0 Å². The Balaban J connectivity index is 1.15. The van der Waals surface area contributed by atoms with Gasteiger partial charge in [-0.2, -0.15) is 5.10 Å². The van der Waals surface area contributed by atoms with E-state index in [1.54, 1.807) is 6.20 Å². The van der Waals surface area contributed by atoms with Gasteiger partial charge in [0.05, 0.1) is 36.7 Å². The normalized spacial score (nSPS) is 18.2. The minimum absolute atomic E-state index is 0.0203. The number of nitrogen functional groups attached to an aromatic ring is 1. The number of nitrogens with one attached hydrogen (secondary N) is 1. The molecule has 2 aliphatic heterocycles.